The molecule has 240 valence electrons. The van der Waals surface area contributed by atoms with E-state index in [1.54, 1.807) is 5.57 Å². The number of fused-ring (bicyclic) bond motifs is 7. The summed E-state index contributed by atoms with van der Waals surface area (Å²) in [6.45, 7) is 19.1. The van der Waals surface area contributed by atoms with Gasteiger partial charge in [0.2, 0.25) is 5.91 Å². The maximum Gasteiger partial charge on any atom is 0.226 e. The smallest absolute Gasteiger partial charge is 0.226 e. The van der Waals surface area contributed by atoms with Gasteiger partial charge in [0, 0.05) is 6.54 Å². The van der Waals surface area contributed by atoms with Gasteiger partial charge < -0.3 is 16.2 Å². The Morgan fingerprint density at radius 1 is 0.881 bits per heavy atom. The zero-order valence-corrected chi connectivity index (χ0v) is 28.5. The van der Waals surface area contributed by atoms with Crippen molar-refractivity contribution in [2.24, 2.45) is 62.4 Å². The first kappa shape index (κ1) is 32.5. The molecular weight excluding hydrogens is 516 g/mol. The van der Waals surface area contributed by atoms with E-state index in [1.807, 2.05) is 0 Å². The van der Waals surface area contributed by atoms with Crippen LogP contribution in [0.1, 0.15) is 145 Å². The monoisotopic (exact) mass is 583 g/mol. The Morgan fingerprint density at radius 3 is 2.29 bits per heavy atom. The molecule has 1 amide bonds. The van der Waals surface area contributed by atoms with Crippen molar-refractivity contribution in [3.05, 3.63) is 11.6 Å². The van der Waals surface area contributed by atoms with Crippen molar-refractivity contribution in [2.45, 2.75) is 151 Å². The summed E-state index contributed by atoms with van der Waals surface area (Å²) in [5.74, 6) is 3.15. The lowest BCUT2D eigenvalue weighted by Gasteiger charge is -2.71. The van der Waals surface area contributed by atoms with Gasteiger partial charge in [0.25, 0.3) is 0 Å². The molecule has 4 nitrogen and oxygen atoms in total. The molecule has 4 N–H and O–H groups in total. The molecule has 0 saturated heterocycles. The molecule has 10 atom stereocenters. The number of allylic oxidation sites excluding steroid dienone is 2. The number of carbonyl (C=O) groups excluding carboxylic acids is 1. The van der Waals surface area contributed by atoms with E-state index in [0.717, 1.165) is 64.5 Å². The van der Waals surface area contributed by atoms with Gasteiger partial charge in [-0.15, -0.1) is 0 Å². The summed E-state index contributed by atoms with van der Waals surface area (Å²) >= 11 is 0. The first-order valence-corrected chi connectivity index (χ1v) is 18.2. The molecule has 0 heterocycles. The Bertz CT molecular complexity index is 1020. The Morgan fingerprint density at radius 2 is 1.57 bits per heavy atom. The van der Waals surface area contributed by atoms with E-state index in [9.17, 15) is 9.90 Å². The van der Waals surface area contributed by atoms with E-state index in [1.165, 1.54) is 44.9 Å². The zero-order chi connectivity index (χ0) is 30.6. The Labute approximate surface area is 258 Å². The van der Waals surface area contributed by atoms with E-state index in [2.05, 4.69) is 59.9 Å². The van der Waals surface area contributed by atoms with Gasteiger partial charge in [-0.05, 0) is 128 Å². The molecule has 4 fully saturated rings. The van der Waals surface area contributed by atoms with Crippen LogP contribution in [0.15, 0.2) is 11.6 Å². The lowest BCUT2D eigenvalue weighted by molar-refractivity contribution is -0.204. The molecule has 0 spiro atoms. The molecule has 5 aliphatic carbocycles. The minimum absolute atomic E-state index is 0.0170. The molecule has 0 unspecified atom stereocenters. The van der Waals surface area contributed by atoms with Gasteiger partial charge in [0.15, 0.2) is 0 Å². The van der Waals surface area contributed by atoms with Crippen molar-refractivity contribution >= 4 is 5.91 Å². The highest BCUT2D eigenvalue weighted by molar-refractivity contribution is 5.84. The van der Waals surface area contributed by atoms with Crippen molar-refractivity contribution in [1.29, 1.82) is 0 Å². The largest absolute Gasteiger partial charge is 0.393 e. The first-order chi connectivity index (χ1) is 19.8. The number of nitrogens with two attached hydrogens (primary N) is 1. The third kappa shape index (κ3) is 4.87. The molecule has 0 radical (unpaired) electrons. The summed E-state index contributed by atoms with van der Waals surface area (Å²) in [5.41, 5.74) is 7.71. The van der Waals surface area contributed by atoms with Crippen LogP contribution in [0, 0.1) is 56.7 Å². The number of hydrogen-bond donors (Lipinski definition) is 3. The average Bonchev–Trinajstić information content (AvgIpc) is 2.94. The fourth-order valence-electron chi connectivity index (χ4n) is 12.2. The maximum atomic E-state index is 14.3. The molecule has 5 aliphatic rings. The first-order valence-electron chi connectivity index (χ1n) is 18.2. The van der Waals surface area contributed by atoms with Crippen LogP contribution < -0.4 is 11.1 Å². The summed E-state index contributed by atoms with van der Waals surface area (Å²) in [5, 5.41) is 14.5. The Hall–Kier alpha value is -0.870. The predicted octanol–water partition coefficient (Wildman–Crippen LogP) is 8.42. The van der Waals surface area contributed by atoms with Crippen molar-refractivity contribution in [3.8, 4) is 0 Å². The number of hydrogen-bond acceptors (Lipinski definition) is 3. The fraction of sp³-hybridized carbons (Fsp3) is 0.921. The Kier molecular flexibility index (Phi) is 9.14. The van der Waals surface area contributed by atoms with E-state index in [-0.39, 0.29) is 33.2 Å². The van der Waals surface area contributed by atoms with Crippen LogP contribution >= 0.6 is 0 Å². The van der Waals surface area contributed by atoms with E-state index in [4.69, 9.17) is 5.73 Å². The molecule has 4 saturated carbocycles. The van der Waals surface area contributed by atoms with Crippen LogP contribution in [-0.4, -0.2) is 30.2 Å². The lowest BCUT2D eigenvalue weighted by atomic mass is 9.33. The number of amides is 1. The van der Waals surface area contributed by atoms with E-state index >= 15 is 0 Å². The lowest BCUT2D eigenvalue weighted by Crippen LogP contribution is -2.66. The standard InChI is InChI=1S/C38H66N2O2/c1-26-16-21-38(33(42)40-25-13-11-9-8-10-12-24-39)23-22-36(6)28(32(38)27(26)2)14-15-30-35(5)19-18-31(41)34(3,4)29(35)17-20-37(30,36)7/h14,26-27,29-32,41H,8-13,15-25,39H2,1-7H3,(H,40,42)/t26-,27+,29+,30-,31+,32+,35+,36-,37-,38+/m1/s1. The quantitative estimate of drug-likeness (QED) is 0.189. The van der Waals surface area contributed by atoms with Gasteiger partial charge >= 0.3 is 0 Å². The average molecular weight is 583 g/mol. The predicted molar refractivity (Wildman–Crippen MR) is 175 cm³/mol. The van der Waals surface area contributed by atoms with Gasteiger partial charge in [-0.2, -0.15) is 0 Å². The number of aliphatic hydroxyl groups excluding tert-OH is 1. The number of carbonyl (C=O) groups is 1. The van der Waals surface area contributed by atoms with Crippen LogP contribution in [0.5, 0.6) is 0 Å². The normalized spacial score (nSPS) is 46.0. The molecule has 4 heteroatoms. The summed E-state index contributed by atoms with van der Waals surface area (Å²) in [7, 11) is 0. The molecule has 0 bridgehead atoms. The van der Waals surface area contributed by atoms with Crippen molar-refractivity contribution < 1.29 is 9.90 Å². The number of nitrogens with one attached hydrogen (secondary N) is 1. The topological polar surface area (TPSA) is 75.4 Å². The third-order valence-corrected chi connectivity index (χ3v) is 15.3. The third-order valence-electron chi connectivity index (χ3n) is 15.3. The van der Waals surface area contributed by atoms with Crippen LogP contribution in [0.2, 0.25) is 0 Å². The molecule has 5 rings (SSSR count). The minimum atomic E-state index is -0.236. The second kappa shape index (κ2) is 11.8. The highest BCUT2D eigenvalue weighted by atomic mass is 16.3. The SMILES string of the molecule is C[C@H]1[C@H](C)CC[C@]2(C(=O)NCCCCCCCCN)CC[C@]3(C)C(=CC[C@@H]4[C@@]5(C)CC[C@H](O)C(C)(C)[C@@H]5CC[C@]43C)[C@H]12. The number of aliphatic hydroxyl groups is 1. The Balaban J connectivity index is 1.39. The molecule has 0 aliphatic heterocycles. The van der Waals surface area contributed by atoms with Crippen LogP contribution in [-0.2, 0) is 4.79 Å². The summed E-state index contributed by atoms with van der Waals surface area (Å²) in [6, 6.07) is 0. The fourth-order valence-corrected chi connectivity index (χ4v) is 12.2. The highest BCUT2D eigenvalue weighted by Crippen LogP contribution is 2.75. The van der Waals surface area contributed by atoms with Gasteiger partial charge in [-0.1, -0.05) is 85.8 Å². The minimum Gasteiger partial charge on any atom is -0.393 e. The van der Waals surface area contributed by atoms with Crippen molar-refractivity contribution in [3.63, 3.8) is 0 Å². The maximum absolute atomic E-state index is 14.3. The van der Waals surface area contributed by atoms with Gasteiger partial charge in [0.05, 0.1) is 11.5 Å². The highest BCUT2D eigenvalue weighted by Gasteiger charge is 2.69. The number of unbranched alkanes of at least 4 members (excludes halogenated alkanes) is 5. The molecule has 0 aromatic heterocycles. The van der Waals surface area contributed by atoms with Crippen molar-refractivity contribution in [2.75, 3.05) is 13.1 Å². The van der Waals surface area contributed by atoms with E-state index in [0.29, 0.717) is 35.5 Å². The van der Waals surface area contributed by atoms with Gasteiger partial charge in [-0.25, -0.2) is 0 Å². The van der Waals surface area contributed by atoms with Crippen LogP contribution in [0.3, 0.4) is 0 Å². The second-order valence-electron chi connectivity index (χ2n) is 17.3. The van der Waals surface area contributed by atoms with Gasteiger partial charge in [0.1, 0.15) is 0 Å². The zero-order valence-electron chi connectivity index (χ0n) is 28.5. The van der Waals surface area contributed by atoms with Gasteiger partial charge in [-0.3, -0.25) is 4.79 Å². The number of rotatable bonds is 9. The summed E-state index contributed by atoms with van der Waals surface area (Å²) in [6.07, 6.45) is 19.8. The molecule has 42 heavy (non-hydrogen) atoms. The molecule has 0 aromatic rings. The molecule has 0 aromatic carbocycles. The summed E-state index contributed by atoms with van der Waals surface area (Å²) in [4.78, 5) is 14.3. The molecular formula is C38H66N2O2. The second-order valence-corrected chi connectivity index (χ2v) is 17.3. The van der Waals surface area contributed by atoms with Crippen LogP contribution in [0.25, 0.3) is 0 Å². The van der Waals surface area contributed by atoms with Crippen LogP contribution in [0.4, 0.5) is 0 Å². The summed E-state index contributed by atoms with van der Waals surface area (Å²) < 4.78 is 0. The van der Waals surface area contributed by atoms with Crippen molar-refractivity contribution in [1.82, 2.24) is 5.32 Å². The van der Waals surface area contributed by atoms with E-state index < -0.39 is 0 Å².